The average molecular weight is 228 g/mol. The minimum absolute atomic E-state index is 0.0416. The molecule has 0 unspecified atom stereocenters. The van der Waals surface area contributed by atoms with Crippen molar-refractivity contribution < 1.29 is 9.90 Å². The number of phenolic OH excluding ortho intramolecular Hbond substituents is 1. The molecule has 1 amide bonds. The van der Waals surface area contributed by atoms with Crippen LogP contribution in [0.4, 0.5) is 0 Å². The number of nitrogens with one attached hydrogen (secondary N) is 2. The number of hydrazine groups is 1. The zero-order chi connectivity index (χ0) is 12.1. The fraction of sp³-hybridized carbons (Fsp3) is 0. The summed E-state index contributed by atoms with van der Waals surface area (Å²) >= 11 is 0. The first kappa shape index (κ1) is 11.0. The van der Waals surface area contributed by atoms with Crippen LogP contribution in [0.2, 0.25) is 0 Å². The van der Waals surface area contributed by atoms with Crippen LogP contribution >= 0.6 is 0 Å². The van der Waals surface area contributed by atoms with Crippen molar-refractivity contribution in [2.45, 2.75) is 0 Å². The summed E-state index contributed by atoms with van der Waals surface area (Å²) in [6.45, 7) is 0. The van der Waals surface area contributed by atoms with Crippen LogP contribution in [-0.4, -0.2) is 11.0 Å². The number of carbonyl (C=O) groups is 1. The molecule has 1 aliphatic rings. The Balaban J connectivity index is 1.94. The van der Waals surface area contributed by atoms with Crippen LogP contribution in [0.5, 0.6) is 5.75 Å². The van der Waals surface area contributed by atoms with E-state index in [9.17, 15) is 9.90 Å². The van der Waals surface area contributed by atoms with Gasteiger partial charge in [0, 0.05) is 6.20 Å². The minimum Gasteiger partial charge on any atom is -0.507 e. The van der Waals surface area contributed by atoms with E-state index < -0.39 is 0 Å². The first-order valence-electron chi connectivity index (χ1n) is 5.16. The number of hydrogen-bond acceptors (Lipinski definition) is 3. The van der Waals surface area contributed by atoms with Gasteiger partial charge < -0.3 is 10.5 Å². The monoisotopic (exact) mass is 228 g/mol. The highest BCUT2D eigenvalue weighted by atomic mass is 16.3. The summed E-state index contributed by atoms with van der Waals surface area (Å²) in [7, 11) is 0. The van der Waals surface area contributed by atoms with E-state index >= 15 is 0 Å². The number of benzene rings is 1. The number of rotatable bonds is 3. The normalized spacial score (nSPS) is 12.6. The Morgan fingerprint density at radius 2 is 1.88 bits per heavy atom. The first-order chi connectivity index (χ1) is 8.27. The molecule has 4 nitrogen and oxygen atoms in total. The predicted octanol–water partition coefficient (Wildman–Crippen LogP) is 1.64. The Morgan fingerprint density at radius 3 is 2.59 bits per heavy atom. The van der Waals surface area contributed by atoms with Crippen molar-refractivity contribution in [1.29, 1.82) is 0 Å². The van der Waals surface area contributed by atoms with Gasteiger partial charge in [-0.05, 0) is 17.7 Å². The Labute approximate surface area is 98.9 Å². The number of para-hydroxylation sites is 1. The number of hydrogen-bond donors (Lipinski definition) is 3. The van der Waals surface area contributed by atoms with Crippen molar-refractivity contribution in [1.82, 2.24) is 10.9 Å². The summed E-state index contributed by atoms with van der Waals surface area (Å²) in [6.07, 6.45) is 9.27. The van der Waals surface area contributed by atoms with Crippen LogP contribution in [-0.2, 0) is 0 Å². The molecule has 1 aliphatic carbocycles. The molecule has 0 fully saturated rings. The van der Waals surface area contributed by atoms with Gasteiger partial charge in [0.2, 0.25) is 0 Å². The number of amides is 1. The van der Waals surface area contributed by atoms with Crippen molar-refractivity contribution >= 4 is 5.91 Å². The zero-order valence-electron chi connectivity index (χ0n) is 9.05. The van der Waals surface area contributed by atoms with Gasteiger partial charge in [0.25, 0.3) is 5.91 Å². The molecule has 86 valence electrons. The van der Waals surface area contributed by atoms with Crippen LogP contribution in [0.25, 0.3) is 0 Å². The van der Waals surface area contributed by atoms with Crippen molar-refractivity contribution in [2.75, 3.05) is 0 Å². The smallest absolute Gasteiger partial charge is 0.273 e. The van der Waals surface area contributed by atoms with Gasteiger partial charge in [-0.1, -0.05) is 36.4 Å². The average Bonchev–Trinajstić information content (AvgIpc) is 2.82. The largest absolute Gasteiger partial charge is 0.507 e. The molecule has 2 rings (SSSR count). The van der Waals surface area contributed by atoms with Crippen molar-refractivity contribution in [2.24, 2.45) is 0 Å². The van der Waals surface area contributed by atoms with Gasteiger partial charge in [0.15, 0.2) is 0 Å². The van der Waals surface area contributed by atoms with E-state index in [1.54, 1.807) is 24.4 Å². The topological polar surface area (TPSA) is 61.4 Å². The van der Waals surface area contributed by atoms with Gasteiger partial charge in [0.1, 0.15) is 5.75 Å². The van der Waals surface area contributed by atoms with E-state index in [1.165, 1.54) is 6.07 Å². The third kappa shape index (κ3) is 2.75. The predicted molar refractivity (Wildman–Crippen MR) is 65.1 cm³/mol. The molecule has 0 bridgehead atoms. The maximum Gasteiger partial charge on any atom is 0.273 e. The quantitative estimate of drug-likeness (QED) is 0.689. The van der Waals surface area contributed by atoms with E-state index in [-0.39, 0.29) is 17.2 Å². The number of phenols is 1. The molecule has 17 heavy (non-hydrogen) atoms. The second-order valence-corrected chi connectivity index (χ2v) is 3.48. The standard InChI is InChI=1S/C13H12N2O2/c16-12-8-4-3-7-11(12)13(17)15-14-9-10-5-1-2-6-10/h1-9,14,16H,(H,15,17). The molecule has 0 aliphatic heterocycles. The Hall–Kier alpha value is -2.49. The molecule has 0 radical (unpaired) electrons. The minimum atomic E-state index is -0.383. The molecule has 4 heteroatoms. The van der Waals surface area contributed by atoms with Gasteiger partial charge in [-0.25, -0.2) is 0 Å². The Morgan fingerprint density at radius 1 is 1.18 bits per heavy atom. The van der Waals surface area contributed by atoms with Gasteiger partial charge in [0.05, 0.1) is 5.56 Å². The molecular formula is C13H12N2O2. The SMILES string of the molecule is O=C(NNC=C1C=CC=C1)c1ccccc1O. The molecule has 0 atom stereocenters. The number of aromatic hydroxyl groups is 1. The van der Waals surface area contributed by atoms with Crippen LogP contribution in [0.1, 0.15) is 10.4 Å². The molecule has 3 N–H and O–H groups in total. The van der Waals surface area contributed by atoms with E-state index in [4.69, 9.17) is 0 Å². The molecule has 0 heterocycles. The fourth-order valence-corrected chi connectivity index (χ4v) is 1.40. The van der Waals surface area contributed by atoms with Crippen LogP contribution in [0.15, 0.2) is 60.3 Å². The fourth-order valence-electron chi connectivity index (χ4n) is 1.40. The third-order valence-corrected chi connectivity index (χ3v) is 2.26. The van der Waals surface area contributed by atoms with Gasteiger partial charge in [-0.2, -0.15) is 0 Å². The number of allylic oxidation sites excluding steroid dienone is 5. The van der Waals surface area contributed by atoms with E-state index in [0.717, 1.165) is 5.57 Å². The molecular weight excluding hydrogens is 216 g/mol. The second-order valence-electron chi connectivity index (χ2n) is 3.48. The summed E-state index contributed by atoms with van der Waals surface area (Å²) < 4.78 is 0. The Bertz CT molecular complexity index is 502. The molecule has 0 spiro atoms. The van der Waals surface area contributed by atoms with Gasteiger partial charge in [-0.3, -0.25) is 10.2 Å². The zero-order valence-corrected chi connectivity index (χ0v) is 9.05. The summed E-state index contributed by atoms with van der Waals surface area (Å²) in [4.78, 5) is 11.6. The number of carbonyl (C=O) groups excluding carboxylic acids is 1. The molecule has 0 saturated heterocycles. The van der Waals surface area contributed by atoms with Crippen molar-refractivity contribution in [3.63, 3.8) is 0 Å². The van der Waals surface area contributed by atoms with E-state index in [1.807, 2.05) is 24.3 Å². The van der Waals surface area contributed by atoms with Crippen molar-refractivity contribution in [3.05, 3.63) is 65.9 Å². The lowest BCUT2D eigenvalue weighted by Crippen LogP contribution is -2.33. The first-order valence-corrected chi connectivity index (χ1v) is 5.16. The lowest BCUT2D eigenvalue weighted by Gasteiger charge is -2.06. The summed E-state index contributed by atoms with van der Waals surface area (Å²) in [5.74, 6) is -0.425. The Kier molecular flexibility index (Phi) is 3.25. The van der Waals surface area contributed by atoms with Crippen molar-refractivity contribution in [3.8, 4) is 5.75 Å². The summed E-state index contributed by atoms with van der Waals surface area (Å²) in [6, 6.07) is 6.37. The highest BCUT2D eigenvalue weighted by molar-refractivity contribution is 5.96. The highest BCUT2D eigenvalue weighted by Gasteiger charge is 2.08. The molecule has 1 aromatic carbocycles. The lowest BCUT2D eigenvalue weighted by molar-refractivity contribution is 0.0938. The maximum absolute atomic E-state index is 11.6. The summed E-state index contributed by atoms with van der Waals surface area (Å²) in [5, 5.41) is 9.47. The van der Waals surface area contributed by atoms with E-state index in [2.05, 4.69) is 10.9 Å². The molecule has 1 aromatic rings. The maximum atomic E-state index is 11.6. The third-order valence-electron chi connectivity index (χ3n) is 2.26. The van der Waals surface area contributed by atoms with Crippen LogP contribution in [0.3, 0.4) is 0 Å². The molecule has 0 aromatic heterocycles. The highest BCUT2D eigenvalue weighted by Crippen LogP contribution is 2.14. The van der Waals surface area contributed by atoms with Crippen LogP contribution in [0, 0.1) is 0 Å². The van der Waals surface area contributed by atoms with E-state index in [0.29, 0.717) is 0 Å². The van der Waals surface area contributed by atoms with Gasteiger partial charge >= 0.3 is 0 Å². The summed E-state index contributed by atoms with van der Waals surface area (Å²) in [5.41, 5.74) is 6.34. The van der Waals surface area contributed by atoms with Gasteiger partial charge in [-0.15, -0.1) is 0 Å². The van der Waals surface area contributed by atoms with Crippen LogP contribution < -0.4 is 10.9 Å². The molecule has 0 saturated carbocycles. The second kappa shape index (κ2) is 5.03. The lowest BCUT2D eigenvalue weighted by atomic mass is 10.2.